The van der Waals surface area contributed by atoms with Gasteiger partial charge >= 0.3 is 0 Å². The van der Waals surface area contributed by atoms with Gasteiger partial charge in [0.25, 0.3) is 5.56 Å². The highest BCUT2D eigenvalue weighted by Crippen LogP contribution is 2.40. The quantitative estimate of drug-likeness (QED) is 0.369. The number of pyridine rings is 1. The molecular weight excluding hydrogens is 501 g/mol. The molecule has 0 radical (unpaired) electrons. The van der Waals surface area contributed by atoms with Gasteiger partial charge in [0, 0.05) is 29.8 Å². The molecule has 2 atom stereocenters. The van der Waals surface area contributed by atoms with E-state index in [1.165, 1.54) is 41.1 Å². The van der Waals surface area contributed by atoms with E-state index < -0.39 is 47.2 Å². The number of oxazole rings is 1. The molecule has 38 heavy (non-hydrogen) atoms. The molecule has 4 aromatic rings. The Labute approximate surface area is 215 Å². The Hall–Kier alpha value is -3.73. The average molecular weight is 527 g/mol. The number of rotatable bonds is 4. The fourth-order valence-corrected chi connectivity index (χ4v) is 5.06. The molecule has 0 saturated heterocycles. The van der Waals surface area contributed by atoms with Crippen LogP contribution < -0.4 is 5.56 Å². The second kappa shape index (κ2) is 9.86. The summed E-state index contributed by atoms with van der Waals surface area (Å²) in [7, 11) is 0. The lowest BCUT2D eigenvalue weighted by Crippen LogP contribution is -2.43. The van der Waals surface area contributed by atoms with Crippen molar-refractivity contribution < 1.29 is 32.9 Å². The van der Waals surface area contributed by atoms with E-state index in [1.807, 2.05) is 0 Å². The maximum atomic E-state index is 14.9. The molecule has 0 unspecified atom stereocenters. The molecular formula is C28H25F3N2O5. The number of aliphatic hydroxyl groups is 3. The molecule has 3 N–H and O–H groups in total. The van der Waals surface area contributed by atoms with Gasteiger partial charge in [-0.1, -0.05) is 0 Å². The normalized spacial score (nSPS) is 21.6. The van der Waals surface area contributed by atoms with E-state index >= 15 is 0 Å². The number of hydrogen-bond acceptors (Lipinski definition) is 6. The fourth-order valence-electron chi connectivity index (χ4n) is 5.06. The van der Waals surface area contributed by atoms with Crippen LogP contribution in [0.25, 0.3) is 28.3 Å². The SMILES string of the molecule is Cc1cc(F)cc(C)c1-n1cc(-c2nc(C3C[C@@H](O)C(O)[C@H](O)C3)oc2-c2ccc(F)cc2F)ccc1=O. The zero-order valence-corrected chi connectivity index (χ0v) is 20.5. The summed E-state index contributed by atoms with van der Waals surface area (Å²) in [5, 5.41) is 30.3. The Morgan fingerprint density at radius 2 is 1.58 bits per heavy atom. The lowest BCUT2D eigenvalue weighted by Gasteiger charge is -2.32. The summed E-state index contributed by atoms with van der Waals surface area (Å²) in [4.78, 5) is 17.4. The topological polar surface area (TPSA) is 109 Å². The first-order valence-corrected chi connectivity index (χ1v) is 12.0. The summed E-state index contributed by atoms with van der Waals surface area (Å²) in [5.74, 6) is -2.68. The summed E-state index contributed by atoms with van der Waals surface area (Å²) < 4.78 is 49.8. The monoisotopic (exact) mass is 526 g/mol. The Balaban J connectivity index is 1.69. The van der Waals surface area contributed by atoms with Gasteiger partial charge < -0.3 is 19.7 Å². The Morgan fingerprint density at radius 1 is 0.921 bits per heavy atom. The van der Waals surface area contributed by atoms with Gasteiger partial charge in [-0.05, 0) is 68.1 Å². The zero-order valence-electron chi connectivity index (χ0n) is 20.5. The van der Waals surface area contributed by atoms with Crippen molar-refractivity contribution in [1.29, 1.82) is 0 Å². The highest BCUT2D eigenvalue weighted by molar-refractivity contribution is 5.77. The number of nitrogens with zero attached hydrogens (tertiary/aromatic N) is 2. The maximum absolute atomic E-state index is 14.9. The molecule has 1 fully saturated rings. The molecule has 0 spiro atoms. The standard InChI is InChI=1S/C28H25F3N2O5/c1-13-7-18(30)8-14(2)25(13)33-12-15(3-6-23(33)36)24-27(19-5-4-17(29)11-20(19)31)38-28(32-24)16-9-21(34)26(37)22(35)10-16/h3-8,11-12,16,21-22,26,34-35,37H,9-10H2,1-2H3/t16?,21-,22-,26?/m1/s1. The van der Waals surface area contributed by atoms with E-state index in [0.29, 0.717) is 28.4 Å². The smallest absolute Gasteiger partial charge is 0.255 e. The van der Waals surface area contributed by atoms with E-state index in [0.717, 1.165) is 6.07 Å². The van der Waals surface area contributed by atoms with Crippen LogP contribution in [0.4, 0.5) is 13.2 Å². The van der Waals surface area contributed by atoms with Crippen molar-refractivity contribution in [3.8, 4) is 28.3 Å². The molecule has 0 aliphatic heterocycles. The zero-order chi connectivity index (χ0) is 27.3. The van der Waals surface area contributed by atoms with Crippen LogP contribution in [0.3, 0.4) is 0 Å². The van der Waals surface area contributed by atoms with Crippen LogP contribution in [0.2, 0.25) is 0 Å². The lowest BCUT2D eigenvalue weighted by atomic mass is 9.83. The van der Waals surface area contributed by atoms with E-state index in [-0.39, 0.29) is 35.7 Å². The molecule has 1 aliphatic carbocycles. The predicted molar refractivity (Wildman–Crippen MR) is 132 cm³/mol. The number of benzene rings is 2. The summed E-state index contributed by atoms with van der Waals surface area (Å²) in [5.41, 5.74) is 1.56. The first-order chi connectivity index (χ1) is 18.0. The average Bonchev–Trinajstić information content (AvgIpc) is 3.28. The fraction of sp³-hybridized carbons (Fsp3) is 0.286. The van der Waals surface area contributed by atoms with Crippen molar-refractivity contribution in [3.05, 3.63) is 93.5 Å². The van der Waals surface area contributed by atoms with Gasteiger partial charge in [0.2, 0.25) is 0 Å². The summed E-state index contributed by atoms with van der Waals surface area (Å²) >= 11 is 0. The third kappa shape index (κ3) is 4.66. The van der Waals surface area contributed by atoms with Crippen LogP contribution in [0.1, 0.15) is 35.8 Å². The number of hydrogen-bond donors (Lipinski definition) is 3. The largest absolute Gasteiger partial charge is 0.440 e. The second-order valence-electron chi connectivity index (χ2n) is 9.66. The van der Waals surface area contributed by atoms with Gasteiger partial charge in [-0.3, -0.25) is 9.36 Å². The van der Waals surface area contributed by atoms with Crippen molar-refractivity contribution in [3.63, 3.8) is 0 Å². The summed E-state index contributed by atoms with van der Waals surface area (Å²) in [6.07, 6.45) is -2.21. The Morgan fingerprint density at radius 3 is 2.21 bits per heavy atom. The van der Waals surface area contributed by atoms with E-state index in [1.54, 1.807) is 13.8 Å². The van der Waals surface area contributed by atoms with Crippen molar-refractivity contribution in [2.24, 2.45) is 0 Å². The predicted octanol–water partition coefficient (Wildman–Crippen LogP) is 4.15. The first kappa shape index (κ1) is 25.9. The summed E-state index contributed by atoms with van der Waals surface area (Å²) in [6, 6.07) is 8.37. The van der Waals surface area contributed by atoms with Gasteiger partial charge in [0.05, 0.1) is 23.5 Å². The molecule has 10 heteroatoms. The minimum absolute atomic E-state index is 0.0367. The molecule has 1 saturated carbocycles. The number of halogens is 3. The molecule has 1 aliphatic rings. The van der Waals surface area contributed by atoms with Gasteiger partial charge in [-0.15, -0.1) is 0 Å². The highest BCUT2D eigenvalue weighted by Gasteiger charge is 2.38. The van der Waals surface area contributed by atoms with Crippen LogP contribution in [0.5, 0.6) is 0 Å². The maximum Gasteiger partial charge on any atom is 0.255 e. The van der Waals surface area contributed by atoms with E-state index in [2.05, 4.69) is 4.98 Å². The van der Waals surface area contributed by atoms with Gasteiger partial charge in [-0.25, -0.2) is 18.2 Å². The molecule has 5 rings (SSSR count). The van der Waals surface area contributed by atoms with Gasteiger partial charge in [0.1, 0.15) is 29.2 Å². The number of aryl methyl sites for hydroxylation is 2. The van der Waals surface area contributed by atoms with Crippen molar-refractivity contribution in [2.45, 2.75) is 50.9 Å². The molecule has 2 aromatic carbocycles. The minimum atomic E-state index is -1.32. The van der Waals surface area contributed by atoms with E-state index in [9.17, 15) is 33.3 Å². The molecule has 7 nitrogen and oxygen atoms in total. The minimum Gasteiger partial charge on any atom is -0.440 e. The van der Waals surface area contributed by atoms with Crippen LogP contribution >= 0.6 is 0 Å². The molecule has 2 heterocycles. The van der Waals surface area contributed by atoms with Crippen molar-refractivity contribution >= 4 is 0 Å². The van der Waals surface area contributed by atoms with E-state index in [4.69, 9.17) is 4.42 Å². The van der Waals surface area contributed by atoms with Gasteiger partial charge in [0.15, 0.2) is 11.7 Å². The Kier molecular flexibility index (Phi) is 6.72. The third-order valence-corrected chi connectivity index (χ3v) is 6.89. The third-order valence-electron chi connectivity index (χ3n) is 6.89. The van der Waals surface area contributed by atoms with Crippen molar-refractivity contribution in [2.75, 3.05) is 0 Å². The van der Waals surface area contributed by atoms with Gasteiger partial charge in [-0.2, -0.15) is 0 Å². The van der Waals surface area contributed by atoms with Crippen LogP contribution in [0.15, 0.2) is 57.9 Å². The molecule has 2 aromatic heterocycles. The lowest BCUT2D eigenvalue weighted by molar-refractivity contribution is -0.0922. The summed E-state index contributed by atoms with van der Waals surface area (Å²) in [6.45, 7) is 3.35. The van der Waals surface area contributed by atoms with Crippen LogP contribution in [-0.2, 0) is 0 Å². The highest BCUT2D eigenvalue weighted by atomic mass is 19.1. The second-order valence-corrected chi connectivity index (χ2v) is 9.66. The molecule has 0 amide bonds. The van der Waals surface area contributed by atoms with Crippen LogP contribution in [0, 0.1) is 31.3 Å². The van der Waals surface area contributed by atoms with Crippen LogP contribution in [-0.4, -0.2) is 43.2 Å². The van der Waals surface area contributed by atoms with Crippen molar-refractivity contribution in [1.82, 2.24) is 9.55 Å². The number of aromatic nitrogens is 2. The Bertz CT molecular complexity index is 1550. The number of aliphatic hydroxyl groups excluding tert-OH is 3. The molecule has 0 bridgehead atoms. The molecule has 198 valence electrons. The first-order valence-electron chi connectivity index (χ1n) is 12.0.